The van der Waals surface area contributed by atoms with E-state index in [9.17, 15) is 29.3 Å². The van der Waals surface area contributed by atoms with E-state index in [4.69, 9.17) is 23.2 Å². The van der Waals surface area contributed by atoms with E-state index >= 15 is 0 Å². The van der Waals surface area contributed by atoms with E-state index in [1.165, 1.54) is 36.4 Å². The van der Waals surface area contributed by atoms with Crippen LogP contribution in [0.5, 0.6) is 0 Å². The summed E-state index contributed by atoms with van der Waals surface area (Å²) in [4.78, 5) is 64.9. The number of carbonyl (C=O) groups excluding carboxylic acids is 4. The molecule has 1 saturated heterocycles. The molecule has 2 bridgehead atoms. The SMILES string of the molecule is O=C(CN(C(=O)c1ccc(Cl)c(Cl)c1)N1C(=O)C2C3C=CC(C4CC34)C2C1=O)c1cccc([N+](=O)[O-])c1. The van der Waals surface area contributed by atoms with Gasteiger partial charge in [0.15, 0.2) is 5.78 Å². The molecule has 2 aromatic rings. The van der Waals surface area contributed by atoms with E-state index in [1.807, 2.05) is 12.2 Å². The molecule has 188 valence electrons. The molecule has 11 heteroatoms. The lowest BCUT2D eigenvalue weighted by Gasteiger charge is -2.37. The largest absolute Gasteiger partial charge is 0.292 e. The van der Waals surface area contributed by atoms with Gasteiger partial charge in [0.25, 0.3) is 23.4 Å². The monoisotopic (exact) mass is 539 g/mol. The van der Waals surface area contributed by atoms with Crippen molar-refractivity contribution in [3.05, 3.63) is 85.9 Å². The molecule has 3 amide bonds. The minimum atomic E-state index is -0.789. The van der Waals surface area contributed by atoms with Gasteiger partial charge in [0, 0.05) is 23.3 Å². The second-order valence-electron chi connectivity index (χ2n) is 9.87. The first kappa shape index (κ1) is 23.8. The van der Waals surface area contributed by atoms with E-state index in [1.54, 1.807) is 0 Å². The molecule has 0 spiro atoms. The standard InChI is InChI=1S/C26H19Cl2N3O6/c27-19-7-4-13(9-20(19)28)24(33)29(11-21(32)12-2-1-3-14(8-12)31(36)37)30-25(34)22-15-5-6-16(18-10-17(15)18)23(22)26(30)35/h1-9,15-18,22-23H,10-11H2. The van der Waals surface area contributed by atoms with Crippen molar-refractivity contribution in [3.8, 4) is 0 Å². The van der Waals surface area contributed by atoms with Gasteiger partial charge in [0.05, 0.1) is 26.8 Å². The molecular weight excluding hydrogens is 521 g/mol. The number of imide groups is 1. The van der Waals surface area contributed by atoms with Crippen LogP contribution in [0.3, 0.4) is 0 Å². The Labute approximate surface area is 220 Å². The van der Waals surface area contributed by atoms with Gasteiger partial charge in [-0.2, -0.15) is 5.01 Å². The highest BCUT2D eigenvalue weighted by Crippen LogP contribution is 2.65. The number of carbonyl (C=O) groups is 4. The van der Waals surface area contributed by atoms with Crippen LogP contribution in [-0.4, -0.2) is 45.0 Å². The number of allylic oxidation sites excluding steroid dienone is 2. The lowest BCUT2D eigenvalue weighted by atomic mass is 9.63. The maximum atomic E-state index is 13.7. The molecule has 5 aliphatic rings. The van der Waals surface area contributed by atoms with Crippen molar-refractivity contribution >= 4 is 52.4 Å². The third-order valence-electron chi connectivity index (χ3n) is 7.95. The van der Waals surface area contributed by atoms with Gasteiger partial charge in [0.1, 0.15) is 6.54 Å². The minimum Gasteiger partial charge on any atom is -0.292 e. The number of non-ortho nitro benzene ring substituents is 1. The maximum Gasteiger partial charge on any atom is 0.273 e. The molecule has 0 aromatic heterocycles. The van der Waals surface area contributed by atoms with Crippen LogP contribution < -0.4 is 0 Å². The fourth-order valence-electron chi connectivity index (χ4n) is 6.21. The Kier molecular flexibility index (Phi) is 5.47. The number of amides is 3. The van der Waals surface area contributed by atoms with Gasteiger partial charge in [-0.15, -0.1) is 0 Å². The van der Waals surface area contributed by atoms with Crippen LogP contribution in [0.4, 0.5) is 5.69 Å². The number of hydrogen-bond acceptors (Lipinski definition) is 6. The second-order valence-corrected chi connectivity index (χ2v) is 10.7. The van der Waals surface area contributed by atoms with Crippen molar-refractivity contribution in [2.45, 2.75) is 6.42 Å². The third kappa shape index (κ3) is 3.67. The number of hydrogen-bond donors (Lipinski definition) is 0. The topological polar surface area (TPSA) is 118 Å². The minimum absolute atomic E-state index is 0.0272. The zero-order chi connectivity index (χ0) is 26.2. The molecule has 9 nitrogen and oxygen atoms in total. The highest BCUT2D eigenvalue weighted by atomic mass is 35.5. The van der Waals surface area contributed by atoms with E-state index in [2.05, 4.69) is 0 Å². The van der Waals surface area contributed by atoms with E-state index < -0.39 is 46.8 Å². The summed E-state index contributed by atoms with van der Waals surface area (Å²) >= 11 is 12.1. The molecule has 2 aromatic carbocycles. The summed E-state index contributed by atoms with van der Waals surface area (Å²) in [5, 5.41) is 13.1. The summed E-state index contributed by atoms with van der Waals surface area (Å²) < 4.78 is 0. The number of ketones is 1. The fourth-order valence-corrected chi connectivity index (χ4v) is 6.51. The molecule has 2 saturated carbocycles. The molecule has 0 radical (unpaired) electrons. The Morgan fingerprint density at radius 2 is 1.59 bits per heavy atom. The first-order valence-electron chi connectivity index (χ1n) is 11.8. The molecule has 1 heterocycles. The van der Waals surface area contributed by atoms with Gasteiger partial charge in [-0.3, -0.25) is 29.3 Å². The average molecular weight is 540 g/mol. The molecule has 6 atom stereocenters. The first-order valence-corrected chi connectivity index (χ1v) is 12.5. The summed E-state index contributed by atoms with van der Waals surface area (Å²) in [6.07, 6.45) is 5.00. The number of hydrazine groups is 1. The van der Waals surface area contributed by atoms with Crippen molar-refractivity contribution in [2.75, 3.05) is 6.54 Å². The van der Waals surface area contributed by atoms with Crippen molar-refractivity contribution in [1.82, 2.24) is 10.0 Å². The van der Waals surface area contributed by atoms with Crippen LogP contribution in [0.1, 0.15) is 27.1 Å². The van der Waals surface area contributed by atoms with Crippen molar-refractivity contribution < 1.29 is 24.1 Å². The fraction of sp³-hybridized carbons (Fsp3) is 0.308. The quantitative estimate of drug-likeness (QED) is 0.178. The van der Waals surface area contributed by atoms with E-state index in [0.29, 0.717) is 11.8 Å². The number of nitro groups is 1. The highest BCUT2D eigenvalue weighted by molar-refractivity contribution is 6.42. The van der Waals surface area contributed by atoms with Crippen LogP contribution in [0.2, 0.25) is 10.0 Å². The summed E-state index contributed by atoms with van der Waals surface area (Å²) in [5.74, 6) is -3.07. The smallest absolute Gasteiger partial charge is 0.273 e. The van der Waals surface area contributed by atoms with E-state index in [-0.39, 0.29) is 38.7 Å². The zero-order valence-electron chi connectivity index (χ0n) is 19.1. The van der Waals surface area contributed by atoms with Gasteiger partial charge in [-0.05, 0) is 48.3 Å². The molecule has 37 heavy (non-hydrogen) atoms. The van der Waals surface area contributed by atoms with Gasteiger partial charge in [-0.1, -0.05) is 47.5 Å². The van der Waals surface area contributed by atoms with Crippen molar-refractivity contribution in [2.24, 2.45) is 35.5 Å². The van der Waals surface area contributed by atoms with Crippen LogP contribution in [0.15, 0.2) is 54.6 Å². The van der Waals surface area contributed by atoms with Crippen LogP contribution in [0, 0.1) is 45.6 Å². The number of rotatable bonds is 6. The first-order chi connectivity index (χ1) is 17.7. The molecule has 1 aliphatic heterocycles. The number of nitro benzene ring substituents is 1. The van der Waals surface area contributed by atoms with Crippen LogP contribution in [0.25, 0.3) is 0 Å². The van der Waals surface area contributed by atoms with Crippen LogP contribution >= 0.6 is 23.2 Å². The Balaban J connectivity index is 1.37. The summed E-state index contributed by atoms with van der Waals surface area (Å²) in [6.45, 7) is -0.674. The second kappa shape index (κ2) is 8.49. The molecule has 6 unspecified atom stereocenters. The summed E-state index contributed by atoms with van der Waals surface area (Å²) in [7, 11) is 0. The normalized spacial score (nSPS) is 28.6. The highest BCUT2D eigenvalue weighted by Gasteiger charge is 2.68. The number of benzene rings is 2. The number of Topliss-reactive ketones (excluding diaryl/α,β-unsaturated/α-hetero) is 1. The maximum absolute atomic E-state index is 13.7. The zero-order valence-corrected chi connectivity index (χ0v) is 20.6. The predicted octanol–water partition coefficient (Wildman–Crippen LogP) is 4.19. The predicted molar refractivity (Wildman–Crippen MR) is 131 cm³/mol. The molecular formula is C26H19Cl2N3O6. The van der Waals surface area contributed by atoms with Crippen molar-refractivity contribution in [3.63, 3.8) is 0 Å². The number of nitrogens with zero attached hydrogens (tertiary/aromatic N) is 3. The van der Waals surface area contributed by atoms with Crippen molar-refractivity contribution in [1.29, 1.82) is 0 Å². The Hall–Kier alpha value is -3.56. The lowest BCUT2D eigenvalue weighted by molar-refractivity contribution is -0.384. The molecule has 3 fully saturated rings. The summed E-state index contributed by atoms with van der Waals surface area (Å²) in [6, 6.07) is 9.16. The third-order valence-corrected chi connectivity index (χ3v) is 8.69. The molecule has 4 aliphatic carbocycles. The van der Waals surface area contributed by atoms with Gasteiger partial charge >= 0.3 is 0 Å². The molecule has 7 rings (SSSR count). The Morgan fingerprint density at radius 3 is 2.19 bits per heavy atom. The van der Waals surface area contributed by atoms with E-state index in [0.717, 1.165) is 22.5 Å². The van der Waals surface area contributed by atoms with Gasteiger partial charge < -0.3 is 0 Å². The van der Waals surface area contributed by atoms with Gasteiger partial charge in [0.2, 0.25) is 0 Å². The number of halogens is 2. The Bertz CT molecular complexity index is 1410. The average Bonchev–Trinajstić information content (AvgIpc) is 3.67. The van der Waals surface area contributed by atoms with Gasteiger partial charge in [-0.25, -0.2) is 5.01 Å². The molecule has 0 N–H and O–H groups in total. The Morgan fingerprint density at radius 1 is 0.946 bits per heavy atom. The summed E-state index contributed by atoms with van der Waals surface area (Å²) in [5.41, 5.74) is -0.296. The van der Waals surface area contributed by atoms with Crippen LogP contribution in [-0.2, 0) is 9.59 Å². The lowest BCUT2D eigenvalue weighted by Crippen LogP contribution is -2.52.